The summed E-state index contributed by atoms with van der Waals surface area (Å²) in [4.78, 5) is 23.1. The molecule has 0 amide bonds. The second kappa shape index (κ2) is 12.1. The molecule has 4 rings (SSSR count). The molecule has 3 N–H and O–H groups in total. The Labute approximate surface area is 242 Å². The zero-order chi connectivity index (χ0) is 28.3. The molecule has 1 aliphatic heterocycles. The van der Waals surface area contributed by atoms with Crippen molar-refractivity contribution < 1.29 is 37.7 Å². The van der Waals surface area contributed by atoms with Gasteiger partial charge >= 0.3 is 11.9 Å². The summed E-state index contributed by atoms with van der Waals surface area (Å²) >= 11 is 10.4. The predicted octanol–water partition coefficient (Wildman–Crippen LogP) is 5.27. The summed E-state index contributed by atoms with van der Waals surface area (Å²) in [5.41, 5.74) is 1.48. The van der Waals surface area contributed by atoms with Crippen LogP contribution in [0, 0.1) is 0 Å². The van der Waals surface area contributed by atoms with Crippen LogP contribution < -0.4 is 14.8 Å². The number of thiophene rings is 1. The maximum Gasteiger partial charge on any atom is 0.349 e. The molecule has 2 heterocycles. The SMILES string of the molecule is COc1ccc(Cl)cc1S(=O)(=O)N1CCC(Nc2cccc(-c3sc(C(=O)O)c(OCC(=O)O)c3Br)c2)CC1. The average molecular weight is 660 g/mol. The Bertz CT molecular complexity index is 1500. The van der Waals surface area contributed by atoms with Gasteiger partial charge in [-0.15, -0.1) is 11.3 Å². The third-order valence-corrected chi connectivity index (χ3v) is 10.4. The molecule has 0 unspecified atom stereocenters. The van der Waals surface area contributed by atoms with E-state index in [1.54, 1.807) is 6.07 Å². The molecule has 1 aliphatic rings. The number of piperidine rings is 1. The normalized spacial score (nSPS) is 14.6. The fourth-order valence-electron chi connectivity index (χ4n) is 4.20. The Balaban J connectivity index is 1.48. The third-order valence-electron chi connectivity index (χ3n) is 6.04. The van der Waals surface area contributed by atoms with Gasteiger partial charge in [-0.3, -0.25) is 0 Å². The number of carbonyl (C=O) groups is 2. The first kappa shape index (κ1) is 29.2. The highest BCUT2D eigenvalue weighted by Gasteiger charge is 2.32. The summed E-state index contributed by atoms with van der Waals surface area (Å²) in [6, 6.07) is 11.8. The molecule has 39 heavy (non-hydrogen) atoms. The van der Waals surface area contributed by atoms with Gasteiger partial charge in [-0.05, 0) is 64.7 Å². The Morgan fingerprint density at radius 1 is 1.18 bits per heavy atom. The molecule has 0 atom stereocenters. The van der Waals surface area contributed by atoms with Crippen LogP contribution in [0.1, 0.15) is 22.5 Å². The zero-order valence-electron chi connectivity index (χ0n) is 20.5. The summed E-state index contributed by atoms with van der Waals surface area (Å²) in [6.07, 6.45) is 1.12. The number of rotatable bonds is 10. The van der Waals surface area contributed by atoms with E-state index >= 15 is 0 Å². The van der Waals surface area contributed by atoms with Crippen LogP contribution in [0.4, 0.5) is 5.69 Å². The summed E-state index contributed by atoms with van der Waals surface area (Å²) in [6.45, 7) is -0.0642. The van der Waals surface area contributed by atoms with Crippen molar-refractivity contribution in [3.63, 3.8) is 0 Å². The molecule has 1 fully saturated rings. The highest BCUT2D eigenvalue weighted by atomic mass is 79.9. The van der Waals surface area contributed by atoms with Crippen LogP contribution in [-0.4, -0.2) is 67.7 Å². The number of nitrogens with zero attached hydrogens (tertiary/aromatic N) is 1. The Kier molecular flexibility index (Phi) is 9.07. The molecule has 208 valence electrons. The highest BCUT2D eigenvalue weighted by Crippen LogP contribution is 2.46. The van der Waals surface area contributed by atoms with Crippen LogP contribution in [0.15, 0.2) is 51.8 Å². The quantitative estimate of drug-likeness (QED) is 0.265. The van der Waals surface area contributed by atoms with E-state index in [0.29, 0.717) is 45.9 Å². The van der Waals surface area contributed by atoms with Crippen molar-refractivity contribution in [3.05, 3.63) is 56.8 Å². The first-order valence-electron chi connectivity index (χ1n) is 11.6. The van der Waals surface area contributed by atoms with Gasteiger partial charge in [-0.1, -0.05) is 23.7 Å². The lowest BCUT2D eigenvalue weighted by molar-refractivity contribution is -0.139. The van der Waals surface area contributed by atoms with E-state index in [4.69, 9.17) is 26.2 Å². The van der Waals surface area contributed by atoms with E-state index in [2.05, 4.69) is 21.2 Å². The second-order valence-corrected chi connectivity index (χ2v) is 12.7. The monoisotopic (exact) mass is 658 g/mol. The fraction of sp³-hybridized carbons (Fsp3) is 0.280. The predicted molar refractivity (Wildman–Crippen MR) is 151 cm³/mol. The number of halogens is 2. The number of ether oxygens (including phenoxy) is 2. The van der Waals surface area contributed by atoms with Crippen LogP contribution in [-0.2, 0) is 14.8 Å². The molecule has 0 saturated carbocycles. The van der Waals surface area contributed by atoms with E-state index in [9.17, 15) is 23.1 Å². The Hall–Kier alpha value is -2.84. The molecule has 2 aromatic carbocycles. The van der Waals surface area contributed by atoms with Gasteiger partial charge in [0.15, 0.2) is 17.2 Å². The molecule has 1 saturated heterocycles. The first-order valence-corrected chi connectivity index (χ1v) is 15.0. The number of carboxylic acid groups (broad SMARTS) is 2. The number of aromatic carboxylic acids is 1. The highest BCUT2D eigenvalue weighted by molar-refractivity contribution is 9.10. The number of aliphatic carboxylic acids is 1. The minimum atomic E-state index is -3.79. The number of nitrogens with one attached hydrogen (secondary N) is 1. The van der Waals surface area contributed by atoms with Crippen LogP contribution in [0.2, 0.25) is 5.02 Å². The number of benzene rings is 2. The molecule has 0 bridgehead atoms. The van der Waals surface area contributed by atoms with Crippen molar-refractivity contribution in [1.82, 2.24) is 4.31 Å². The molecule has 0 aliphatic carbocycles. The van der Waals surface area contributed by atoms with Gasteiger partial charge in [0.25, 0.3) is 0 Å². The third kappa shape index (κ3) is 6.49. The molecule has 1 aromatic heterocycles. The maximum atomic E-state index is 13.3. The zero-order valence-corrected chi connectivity index (χ0v) is 24.5. The van der Waals surface area contributed by atoms with Gasteiger partial charge in [-0.2, -0.15) is 4.31 Å². The molecular weight excluding hydrogens is 636 g/mol. The number of carboxylic acids is 2. The number of hydrogen-bond donors (Lipinski definition) is 3. The number of methoxy groups -OCH3 is 1. The smallest absolute Gasteiger partial charge is 0.349 e. The minimum absolute atomic E-state index is 0.00350. The molecule has 10 nitrogen and oxygen atoms in total. The van der Waals surface area contributed by atoms with Gasteiger partial charge < -0.3 is 25.0 Å². The van der Waals surface area contributed by atoms with Crippen molar-refractivity contribution in [1.29, 1.82) is 0 Å². The lowest BCUT2D eigenvalue weighted by Crippen LogP contribution is -2.42. The largest absolute Gasteiger partial charge is 0.495 e. The molecule has 0 radical (unpaired) electrons. The van der Waals surface area contributed by atoms with Crippen molar-refractivity contribution in [2.45, 2.75) is 23.8 Å². The van der Waals surface area contributed by atoms with Gasteiger partial charge in [0, 0.05) is 29.8 Å². The van der Waals surface area contributed by atoms with Gasteiger partial charge in [0.2, 0.25) is 10.0 Å². The summed E-state index contributed by atoms with van der Waals surface area (Å²) in [5, 5.41) is 22.2. The number of sulfonamides is 1. The molecular formula is C25H24BrClN2O8S2. The number of hydrogen-bond acceptors (Lipinski definition) is 8. The van der Waals surface area contributed by atoms with E-state index in [1.807, 2.05) is 24.3 Å². The summed E-state index contributed by atoms with van der Waals surface area (Å²) in [5.74, 6) is -2.24. The Morgan fingerprint density at radius 3 is 2.54 bits per heavy atom. The van der Waals surface area contributed by atoms with E-state index in [1.165, 1.54) is 23.5 Å². The summed E-state index contributed by atoms with van der Waals surface area (Å²) < 4.78 is 38.8. The Morgan fingerprint density at radius 2 is 1.90 bits per heavy atom. The lowest BCUT2D eigenvalue weighted by atomic mass is 10.1. The van der Waals surface area contributed by atoms with Crippen LogP contribution in [0.3, 0.4) is 0 Å². The lowest BCUT2D eigenvalue weighted by Gasteiger charge is -2.32. The van der Waals surface area contributed by atoms with Crippen LogP contribution in [0.25, 0.3) is 10.4 Å². The molecule has 3 aromatic rings. The molecule has 14 heteroatoms. The van der Waals surface area contributed by atoms with E-state index in [-0.39, 0.29) is 27.3 Å². The van der Waals surface area contributed by atoms with Gasteiger partial charge in [-0.25, -0.2) is 18.0 Å². The standard InChI is InChI=1S/C25H24BrClN2O8S2/c1-36-18-6-5-15(27)12-19(18)39(34,35)29-9-7-16(8-10-29)28-17-4-2-3-14(11-17)23-21(26)22(37-13-20(30)31)24(38-23)25(32)33/h2-6,11-12,16,28H,7-10,13H2,1H3,(H,30,31)(H,32,33). The average Bonchev–Trinajstić information content (AvgIpc) is 3.24. The first-order chi connectivity index (χ1) is 18.5. The van der Waals surface area contributed by atoms with Crippen molar-refractivity contribution in [3.8, 4) is 21.9 Å². The number of anilines is 1. The van der Waals surface area contributed by atoms with Crippen LogP contribution >= 0.6 is 38.9 Å². The van der Waals surface area contributed by atoms with E-state index < -0.39 is 28.6 Å². The van der Waals surface area contributed by atoms with Gasteiger partial charge in [0.05, 0.1) is 16.5 Å². The van der Waals surface area contributed by atoms with E-state index in [0.717, 1.165) is 17.0 Å². The molecule has 0 spiro atoms. The maximum absolute atomic E-state index is 13.3. The van der Waals surface area contributed by atoms with Gasteiger partial charge in [0.1, 0.15) is 10.6 Å². The summed E-state index contributed by atoms with van der Waals surface area (Å²) in [7, 11) is -2.38. The van der Waals surface area contributed by atoms with Crippen molar-refractivity contribution in [2.75, 3.05) is 32.1 Å². The minimum Gasteiger partial charge on any atom is -0.495 e. The van der Waals surface area contributed by atoms with Crippen molar-refractivity contribution in [2.24, 2.45) is 0 Å². The topological polar surface area (TPSA) is 142 Å². The van der Waals surface area contributed by atoms with Crippen LogP contribution in [0.5, 0.6) is 11.5 Å². The second-order valence-electron chi connectivity index (χ2n) is 8.59. The van der Waals surface area contributed by atoms with Crippen molar-refractivity contribution >= 4 is 66.5 Å². The fourth-order valence-corrected chi connectivity index (χ4v) is 7.98.